The molecule has 96 valence electrons. The molecule has 0 aliphatic heterocycles. The molecule has 2 heterocycles. The third-order valence-electron chi connectivity index (χ3n) is 3.13. The standard InChI is InChI=1S/C15H14N2O2/c1-9-5-3-4-6-12(9)13-14(19-17-15(13)16)11-7-10(2)18-8-11/h3-8H,1-2H3,(H2,16,17). The summed E-state index contributed by atoms with van der Waals surface area (Å²) in [5, 5.41) is 3.88. The normalized spacial score (nSPS) is 10.8. The van der Waals surface area contributed by atoms with Crippen LogP contribution in [-0.4, -0.2) is 5.16 Å². The highest BCUT2D eigenvalue weighted by molar-refractivity contribution is 5.87. The van der Waals surface area contributed by atoms with E-state index in [-0.39, 0.29) is 0 Å². The number of furan rings is 1. The van der Waals surface area contributed by atoms with Gasteiger partial charge in [-0.25, -0.2) is 0 Å². The minimum Gasteiger partial charge on any atom is -0.469 e. The van der Waals surface area contributed by atoms with Crippen LogP contribution in [0.5, 0.6) is 0 Å². The van der Waals surface area contributed by atoms with Crippen LogP contribution < -0.4 is 5.73 Å². The van der Waals surface area contributed by atoms with Gasteiger partial charge < -0.3 is 14.7 Å². The third kappa shape index (κ3) is 1.91. The average molecular weight is 254 g/mol. The van der Waals surface area contributed by atoms with Crippen molar-refractivity contribution in [3.8, 4) is 22.5 Å². The molecule has 3 rings (SSSR count). The Hall–Kier alpha value is -2.49. The first kappa shape index (κ1) is 11.6. The van der Waals surface area contributed by atoms with Crippen LogP contribution in [0.4, 0.5) is 5.82 Å². The zero-order valence-corrected chi connectivity index (χ0v) is 10.8. The van der Waals surface area contributed by atoms with Gasteiger partial charge in [0.25, 0.3) is 0 Å². The first-order valence-electron chi connectivity index (χ1n) is 6.03. The van der Waals surface area contributed by atoms with Crippen molar-refractivity contribution >= 4 is 5.82 Å². The van der Waals surface area contributed by atoms with E-state index in [1.54, 1.807) is 6.26 Å². The van der Waals surface area contributed by atoms with E-state index in [4.69, 9.17) is 14.7 Å². The van der Waals surface area contributed by atoms with Crippen LogP contribution in [0.2, 0.25) is 0 Å². The molecule has 2 N–H and O–H groups in total. The predicted octanol–water partition coefficient (Wildman–Crippen LogP) is 3.80. The van der Waals surface area contributed by atoms with E-state index in [1.807, 2.05) is 44.2 Å². The highest BCUT2D eigenvalue weighted by Gasteiger charge is 2.20. The average Bonchev–Trinajstić information content (AvgIpc) is 2.96. The van der Waals surface area contributed by atoms with Gasteiger partial charge in [0.1, 0.15) is 12.0 Å². The second kappa shape index (κ2) is 4.31. The zero-order valence-electron chi connectivity index (χ0n) is 10.8. The first-order chi connectivity index (χ1) is 9.16. The lowest BCUT2D eigenvalue weighted by Crippen LogP contribution is -1.90. The monoisotopic (exact) mass is 254 g/mol. The lowest BCUT2D eigenvalue weighted by molar-refractivity contribution is 0.435. The molecule has 0 fully saturated rings. The molecule has 0 bridgehead atoms. The Labute approximate surface area is 110 Å². The first-order valence-corrected chi connectivity index (χ1v) is 6.03. The number of aryl methyl sites for hydroxylation is 2. The Balaban J connectivity index is 2.22. The summed E-state index contributed by atoms with van der Waals surface area (Å²) in [7, 11) is 0. The van der Waals surface area contributed by atoms with Crippen molar-refractivity contribution in [2.45, 2.75) is 13.8 Å². The Morgan fingerprint density at radius 3 is 2.63 bits per heavy atom. The fourth-order valence-corrected chi connectivity index (χ4v) is 2.18. The smallest absolute Gasteiger partial charge is 0.180 e. The topological polar surface area (TPSA) is 65.2 Å². The number of aromatic nitrogens is 1. The number of rotatable bonds is 2. The molecule has 0 saturated carbocycles. The molecule has 0 amide bonds. The summed E-state index contributed by atoms with van der Waals surface area (Å²) in [5.74, 6) is 1.85. The molecule has 1 aromatic carbocycles. The van der Waals surface area contributed by atoms with Crippen LogP contribution in [0, 0.1) is 13.8 Å². The van der Waals surface area contributed by atoms with Gasteiger partial charge in [-0.2, -0.15) is 0 Å². The van der Waals surface area contributed by atoms with E-state index >= 15 is 0 Å². The number of anilines is 1. The van der Waals surface area contributed by atoms with Crippen molar-refractivity contribution in [3.05, 3.63) is 47.9 Å². The van der Waals surface area contributed by atoms with Crippen molar-refractivity contribution < 1.29 is 8.94 Å². The largest absolute Gasteiger partial charge is 0.469 e. The van der Waals surface area contributed by atoms with Gasteiger partial charge in [0.15, 0.2) is 11.6 Å². The lowest BCUT2D eigenvalue weighted by Gasteiger charge is -2.04. The molecular weight excluding hydrogens is 240 g/mol. The van der Waals surface area contributed by atoms with Crippen LogP contribution in [-0.2, 0) is 0 Å². The van der Waals surface area contributed by atoms with Gasteiger partial charge in [0.2, 0.25) is 0 Å². The molecule has 0 saturated heterocycles. The number of nitrogen functional groups attached to an aromatic ring is 1. The fourth-order valence-electron chi connectivity index (χ4n) is 2.18. The summed E-state index contributed by atoms with van der Waals surface area (Å²) < 4.78 is 10.7. The van der Waals surface area contributed by atoms with E-state index < -0.39 is 0 Å². The molecule has 0 unspecified atom stereocenters. The fraction of sp³-hybridized carbons (Fsp3) is 0.133. The molecule has 0 aliphatic carbocycles. The SMILES string of the molecule is Cc1cc(-c2onc(N)c2-c2ccccc2C)co1. The van der Waals surface area contributed by atoms with Crippen LogP contribution in [0.15, 0.2) is 45.5 Å². The van der Waals surface area contributed by atoms with Gasteiger partial charge >= 0.3 is 0 Å². The summed E-state index contributed by atoms with van der Waals surface area (Å²) in [6.45, 7) is 3.92. The maximum Gasteiger partial charge on any atom is 0.180 e. The Bertz CT molecular complexity index is 725. The van der Waals surface area contributed by atoms with Crippen LogP contribution >= 0.6 is 0 Å². The quantitative estimate of drug-likeness (QED) is 0.755. The summed E-state index contributed by atoms with van der Waals surface area (Å²) >= 11 is 0. The predicted molar refractivity (Wildman–Crippen MR) is 73.5 cm³/mol. The Morgan fingerprint density at radius 2 is 1.95 bits per heavy atom. The second-order valence-corrected chi connectivity index (χ2v) is 4.53. The molecular formula is C15H14N2O2. The maximum atomic E-state index is 5.95. The molecule has 4 nitrogen and oxygen atoms in total. The lowest BCUT2D eigenvalue weighted by atomic mass is 9.99. The summed E-state index contributed by atoms with van der Waals surface area (Å²) in [5.41, 5.74) is 9.76. The van der Waals surface area contributed by atoms with Crippen molar-refractivity contribution in [2.24, 2.45) is 0 Å². The van der Waals surface area contributed by atoms with Gasteiger partial charge in [-0.15, -0.1) is 0 Å². The summed E-state index contributed by atoms with van der Waals surface area (Å²) in [4.78, 5) is 0. The summed E-state index contributed by atoms with van der Waals surface area (Å²) in [6, 6.07) is 9.91. The summed E-state index contributed by atoms with van der Waals surface area (Å²) in [6.07, 6.45) is 1.65. The van der Waals surface area contributed by atoms with Gasteiger partial charge in [-0.1, -0.05) is 29.4 Å². The van der Waals surface area contributed by atoms with E-state index in [1.165, 1.54) is 0 Å². The molecule has 19 heavy (non-hydrogen) atoms. The minimum absolute atomic E-state index is 0.392. The van der Waals surface area contributed by atoms with E-state index in [9.17, 15) is 0 Å². The van der Waals surface area contributed by atoms with E-state index in [0.717, 1.165) is 28.0 Å². The van der Waals surface area contributed by atoms with Gasteiger partial charge in [-0.05, 0) is 31.0 Å². The molecule has 0 aliphatic rings. The Kier molecular flexibility index (Phi) is 2.63. The number of benzene rings is 1. The number of nitrogens with two attached hydrogens (primary N) is 1. The molecule has 0 atom stereocenters. The van der Waals surface area contributed by atoms with Crippen molar-refractivity contribution in [1.29, 1.82) is 0 Å². The van der Waals surface area contributed by atoms with Crippen LogP contribution in [0.1, 0.15) is 11.3 Å². The van der Waals surface area contributed by atoms with E-state index in [0.29, 0.717) is 11.6 Å². The van der Waals surface area contributed by atoms with Crippen molar-refractivity contribution in [2.75, 3.05) is 5.73 Å². The van der Waals surface area contributed by atoms with E-state index in [2.05, 4.69) is 5.16 Å². The van der Waals surface area contributed by atoms with Crippen LogP contribution in [0.3, 0.4) is 0 Å². The minimum atomic E-state index is 0.392. The maximum absolute atomic E-state index is 5.95. The zero-order chi connectivity index (χ0) is 13.4. The van der Waals surface area contributed by atoms with Crippen molar-refractivity contribution in [3.63, 3.8) is 0 Å². The molecule has 0 radical (unpaired) electrons. The highest BCUT2D eigenvalue weighted by atomic mass is 16.5. The highest BCUT2D eigenvalue weighted by Crippen LogP contribution is 2.38. The Morgan fingerprint density at radius 1 is 1.16 bits per heavy atom. The molecule has 2 aromatic heterocycles. The third-order valence-corrected chi connectivity index (χ3v) is 3.13. The number of hydrogen-bond acceptors (Lipinski definition) is 4. The van der Waals surface area contributed by atoms with Crippen molar-refractivity contribution in [1.82, 2.24) is 5.16 Å². The van der Waals surface area contributed by atoms with Gasteiger partial charge in [0, 0.05) is 0 Å². The second-order valence-electron chi connectivity index (χ2n) is 4.53. The molecule has 3 aromatic rings. The molecule has 4 heteroatoms. The van der Waals surface area contributed by atoms with Gasteiger partial charge in [-0.3, -0.25) is 0 Å². The number of nitrogens with zero attached hydrogens (tertiary/aromatic N) is 1. The van der Waals surface area contributed by atoms with Gasteiger partial charge in [0.05, 0.1) is 11.1 Å². The number of hydrogen-bond donors (Lipinski definition) is 1. The molecule has 0 spiro atoms. The van der Waals surface area contributed by atoms with Crippen LogP contribution in [0.25, 0.3) is 22.5 Å².